The van der Waals surface area contributed by atoms with Crippen molar-refractivity contribution < 1.29 is 14.6 Å². The molecule has 1 unspecified atom stereocenters. The zero-order chi connectivity index (χ0) is 15.9. The summed E-state index contributed by atoms with van der Waals surface area (Å²) in [5.41, 5.74) is 1.60. The van der Waals surface area contributed by atoms with E-state index in [1.165, 1.54) is 7.11 Å². The van der Waals surface area contributed by atoms with Crippen molar-refractivity contribution in [2.45, 2.75) is 12.0 Å². The molecular formula is C19H20O3. The molecule has 0 amide bonds. The van der Waals surface area contributed by atoms with Gasteiger partial charge in [-0.1, -0.05) is 66.7 Å². The molecule has 2 aromatic rings. The molecular weight excluding hydrogens is 276 g/mol. The first-order valence-corrected chi connectivity index (χ1v) is 7.17. The summed E-state index contributed by atoms with van der Waals surface area (Å²) in [5.74, 6) is -1.53. The number of hydrogen-bond acceptors (Lipinski definition) is 3. The third kappa shape index (κ3) is 3.43. The predicted octanol–water partition coefficient (Wildman–Crippen LogP) is 3.48. The van der Waals surface area contributed by atoms with Gasteiger partial charge in [-0.3, -0.25) is 4.79 Å². The van der Waals surface area contributed by atoms with Crippen molar-refractivity contribution in [3.63, 3.8) is 0 Å². The third-order valence-corrected chi connectivity index (χ3v) is 3.78. The Balaban J connectivity index is 2.41. The fraction of sp³-hybridized carbons (Fsp3) is 0.211. The number of aliphatic hydroxyl groups is 1. The normalized spacial score (nSPS) is 14.6. The number of rotatable bonds is 6. The molecule has 0 fully saturated rings. The first-order valence-electron chi connectivity index (χ1n) is 7.17. The van der Waals surface area contributed by atoms with Crippen LogP contribution in [0, 0.1) is 5.92 Å². The number of carbonyl (C=O) groups is 1. The van der Waals surface area contributed by atoms with Crippen LogP contribution in [0.1, 0.15) is 23.1 Å². The number of allylic oxidation sites excluding steroid dienone is 1. The molecule has 1 N–H and O–H groups in total. The molecule has 0 saturated carbocycles. The van der Waals surface area contributed by atoms with Crippen molar-refractivity contribution in [1.82, 2.24) is 0 Å². The van der Waals surface area contributed by atoms with Crippen LogP contribution < -0.4 is 0 Å². The molecule has 0 aliphatic carbocycles. The van der Waals surface area contributed by atoms with Gasteiger partial charge >= 0.3 is 5.97 Å². The van der Waals surface area contributed by atoms with E-state index < -0.39 is 18.0 Å². The van der Waals surface area contributed by atoms with Crippen LogP contribution in [0.4, 0.5) is 0 Å². The largest absolute Gasteiger partial charge is 0.469 e. The van der Waals surface area contributed by atoms with E-state index in [0.717, 1.165) is 5.56 Å². The summed E-state index contributed by atoms with van der Waals surface area (Å²) < 4.78 is 4.91. The summed E-state index contributed by atoms with van der Waals surface area (Å²) in [5, 5.41) is 10.7. The van der Waals surface area contributed by atoms with Crippen LogP contribution in [-0.4, -0.2) is 18.2 Å². The topological polar surface area (TPSA) is 46.5 Å². The summed E-state index contributed by atoms with van der Waals surface area (Å²) in [6, 6.07) is 18.7. The summed E-state index contributed by atoms with van der Waals surface area (Å²) in [7, 11) is 1.33. The highest BCUT2D eigenvalue weighted by atomic mass is 16.5. The minimum atomic E-state index is -0.961. The van der Waals surface area contributed by atoms with Gasteiger partial charge in [-0.2, -0.15) is 0 Å². The minimum absolute atomic E-state index is 0.330. The van der Waals surface area contributed by atoms with Gasteiger partial charge in [-0.05, 0) is 11.1 Å². The molecule has 3 nitrogen and oxygen atoms in total. The average molecular weight is 296 g/mol. The lowest BCUT2D eigenvalue weighted by Gasteiger charge is -2.27. The number of hydrogen-bond donors (Lipinski definition) is 1. The molecule has 0 aliphatic rings. The third-order valence-electron chi connectivity index (χ3n) is 3.78. The van der Waals surface area contributed by atoms with Crippen molar-refractivity contribution in [3.05, 3.63) is 84.4 Å². The van der Waals surface area contributed by atoms with Crippen molar-refractivity contribution >= 4 is 5.97 Å². The highest BCUT2D eigenvalue weighted by Gasteiger charge is 2.35. The molecule has 2 rings (SSSR count). The lowest BCUT2D eigenvalue weighted by atomic mass is 9.80. The highest BCUT2D eigenvalue weighted by Crippen LogP contribution is 2.36. The van der Waals surface area contributed by atoms with Crippen LogP contribution in [0.2, 0.25) is 0 Å². The van der Waals surface area contributed by atoms with E-state index in [1.54, 1.807) is 18.2 Å². The number of methoxy groups -OCH3 is 1. The van der Waals surface area contributed by atoms with Crippen LogP contribution in [0.15, 0.2) is 73.3 Å². The average Bonchev–Trinajstić information content (AvgIpc) is 2.60. The van der Waals surface area contributed by atoms with E-state index in [4.69, 9.17) is 4.74 Å². The Kier molecular flexibility index (Phi) is 5.50. The van der Waals surface area contributed by atoms with E-state index in [-0.39, 0.29) is 5.92 Å². The highest BCUT2D eigenvalue weighted by molar-refractivity contribution is 5.75. The van der Waals surface area contributed by atoms with E-state index in [9.17, 15) is 9.90 Å². The molecule has 0 bridgehead atoms. The van der Waals surface area contributed by atoms with Crippen LogP contribution in [0.3, 0.4) is 0 Å². The van der Waals surface area contributed by atoms with Crippen molar-refractivity contribution in [2.75, 3.05) is 7.11 Å². The Morgan fingerprint density at radius 1 is 1.05 bits per heavy atom. The lowest BCUT2D eigenvalue weighted by Crippen LogP contribution is -2.29. The zero-order valence-electron chi connectivity index (χ0n) is 12.6. The molecule has 2 aromatic carbocycles. The van der Waals surface area contributed by atoms with E-state index in [0.29, 0.717) is 5.56 Å². The Hall–Kier alpha value is -2.39. The Morgan fingerprint density at radius 2 is 1.55 bits per heavy atom. The molecule has 3 atom stereocenters. The molecule has 3 heteroatoms. The summed E-state index contributed by atoms with van der Waals surface area (Å²) in [4.78, 5) is 12.3. The lowest BCUT2D eigenvalue weighted by molar-refractivity contribution is -0.150. The van der Waals surface area contributed by atoms with Crippen molar-refractivity contribution in [3.8, 4) is 0 Å². The monoisotopic (exact) mass is 296 g/mol. The fourth-order valence-corrected chi connectivity index (χ4v) is 2.63. The maximum atomic E-state index is 12.3. The van der Waals surface area contributed by atoms with Gasteiger partial charge in [0.1, 0.15) is 0 Å². The maximum Gasteiger partial charge on any atom is 0.312 e. The van der Waals surface area contributed by atoms with E-state index >= 15 is 0 Å². The van der Waals surface area contributed by atoms with Crippen LogP contribution in [-0.2, 0) is 9.53 Å². The zero-order valence-corrected chi connectivity index (χ0v) is 12.6. The van der Waals surface area contributed by atoms with Crippen molar-refractivity contribution in [1.29, 1.82) is 0 Å². The van der Waals surface area contributed by atoms with Crippen LogP contribution in [0.5, 0.6) is 0 Å². The van der Waals surface area contributed by atoms with Crippen LogP contribution in [0.25, 0.3) is 0 Å². The summed E-state index contributed by atoms with van der Waals surface area (Å²) >= 11 is 0. The van der Waals surface area contributed by atoms with Crippen molar-refractivity contribution in [2.24, 2.45) is 5.92 Å². The fourth-order valence-electron chi connectivity index (χ4n) is 2.63. The summed E-state index contributed by atoms with van der Waals surface area (Å²) in [6.45, 7) is 3.83. The van der Waals surface area contributed by atoms with E-state index in [2.05, 4.69) is 6.58 Å². The molecule has 22 heavy (non-hydrogen) atoms. The number of benzene rings is 2. The Morgan fingerprint density at radius 3 is 2.00 bits per heavy atom. The second-order valence-corrected chi connectivity index (χ2v) is 5.08. The second kappa shape index (κ2) is 7.57. The first kappa shape index (κ1) is 16.0. The molecule has 0 spiro atoms. The number of carbonyl (C=O) groups excluding carboxylic acids is 1. The number of aliphatic hydroxyl groups excluding tert-OH is 1. The molecule has 0 radical (unpaired) electrons. The van der Waals surface area contributed by atoms with Gasteiger partial charge in [0.2, 0.25) is 0 Å². The first-order chi connectivity index (χ1) is 10.7. The standard InChI is InChI=1S/C19H20O3/c1-3-16(14-10-6-4-7-11-14)17(19(21)22-2)18(20)15-12-8-5-9-13-15/h3-13,16-18,20H,1H2,2H3/t16-,17+,18?/m0/s1. The second-order valence-electron chi connectivity index (χ2n) is 5.08. The van der Waals surface area contributed by atoms with Gasteiger partial charge in [0.05, 0.1) is 19.1 Å². The van der Waals surface area contributed by atoms with Gasteiger partial charge in [0.25, 0.3) is 0 Å². The van der Waals surface area contributed by atoms with E-state index in [1.807, 2.05) is 48.5 Å². The predicted molar refractivity (Wildman–Crippen MR) is 86.3 cm³/mol. The summed E-state index contributed by atoms with van der Waals surface area (Å²) in [6.07, 6.45) is 0.722. The Labute approximate surface area is 130 Å². The molecule has 0 aliphatic heterocycles. The number of esters is 1. The number of ether oxygens (including phenoxy) is 1. The minimum Gasteiger partial charge on any atom is -0.469 e. The molecule has 114 valence electrons. The smallest absolute Gasteiger partial charge is 0.312 e. The SMILES string of the molecule is C=C[C@@H](c1ccccc1)[C@@H](C(=O)OC)C(O)c1ccccc1. The Bertz CT molecular complexity index is 607. The van der Waals surface area contributed by atoms with Gasteiger partial charge in [-0.15, -0.1) is 6.58 Å². The molecule has 0 heterocycles. The van der Waals surface area contributed by atoms with Gasteiger partial charge in [0, 0.05) is 5.92 Å². The maximum absolute atomic E-state index is 12.3. The van der Waals surface area contributed by atoms with Crippen LogP contribution >= 0.6 is 0 Å². The van der Waals surface area contributed by atoms with Gasteiger partial charge in [-0.25, -0.2) is 0 Å². The van der Waals surface area contributed by atoms with Gasteiger partial charge < -0.3 is 9.84 Å². The quantitative estimate of drug-likeness (QED) is 0.656. The molecule has 0 aromatic heterocycles. The van der Waals surface area contributed by atoms with Gasteiger partial charge in [0.15, 0.2) is 0 Å². The molecule has 0 saturated heterocycles.